The van der Waals surface area contributed by atoms with Crippen LogP contribution in [0.25, 0.3) is 0 Å². The van der Waals surface area contributed by atoms with Crippen molar-refractivity contribution in [3.63, 3.8) is 0 Å². The highest BCUT2D eigenvalue weighted by molar-refractivity contribution is 7.91. The molecule has 1 N–H and O–H groups in total. The van der Waals surface area contributed by atoms with E-state index >= 15 is 0 Å². The van der Waals surface area contributed by atoms with Gasteiger partial charge in [0.2, 0.25) is 0 Å². The molecule has 0 aromatic carbocycles. The molecule has 1 aliphatic heterocycles. The van der Waals surface area contributed by atoms with Crippen LogP contribution in [0.15, 0.2) is 24.5 Å². The normalized spacial score (nSPS) is 25.4. The Morgan fingerprint density at radius 3 is 3.00 bits per heavy atom. The van der Waals surface area contributed by atoms with Gasteiger partial charge in [-0.05, 0) is 31.4 Å². The van der Waals surface area contributed by atoms with Crippen LogP contribution in [0.3, 0.4) is 0 Å². The molecule has 0 amide bonds. The van der Waals surface area contributed by atoms with Crippen molar-refractivity contribution in [2.24, 2.45) is 0 Å². The van der Waals surface area contributed by atoms with Gasteiger partial charge < -0.3 is 5.32 Å². The average Bonchev–Trinajstić information content (AvgIpc) is 2.29. The van der Waals surface area contributed by atoms with Crippen LogP contribution >= 0.6 is 0 Å². The van der Waals surface area contributed by atoms with E-state index in [9.17, 15) is 8.42 Å². The molecule has 1 fully saturated rings. The van der Waals surface area contributed by atoms with Gasteiger partial charge in [0, 0.05) is 24.5 Å². The van der Waals surface area contributed by atoms with E-state index in [0.29, 0.717) is 5.75 Å². The minimum absolute atomic E-state index is 0.0731. The van der Waals surface area contributed by atoms with Gasteiger partial charge in [-0.1, -0.05) is 6.07 Å². The molecule has 2 rings (SSSR count). The van der Waals surface area contributed by atoms with Crippen molar-refractivity contribution < 1.29 is 8.42 Å². The summed E-state index contributed by atoms with van der Waals surface area (Å²) < 4.78 is 23.1. The Kier molecular flexibility index (Phi) is 3.79. The lowest BCUT2D eigenvalue weighted by Gasteiger charge is -2.26. The summed E-state index contributed by atoms with van der Waals surface area (Å²) in [6.45, 7) is 2.04. The van der Waals surface area contributed by atoms with Crippen molar-refractivity contribution in [3.05, 3.63) is 30.1 Å². The maximum atomic E-state index is 11.5. The Hall–Kier alpha value is -0.940. The van der Waals surface area contributed by atoms with Gasteiger partial charge in [-0.2, -0.15) is 0 Å². The summed E-state index contributed by atoms with van der Waals surface area (Å²) in [4.78, 5) is 4.07. The van der Waals surface area contributed by atoms with Crippen molar-refractivity contribution >= 4 is 9.84 Å². The van der Waals surface area contributed by atoms with Gasteiger partial charge in [-0.15, -0.1) is 0 Å². The molecule has 17 heavy (non-hydrogen) atoms. The topological polar surface area (TPSA) is 59.1 Å². The zero-order chi connectivity index (χ0) is 12.3. The van der Waals surface area contributed by atoms with Crippen LogP contribution in [0.4, 0.5) is 0 Å². The molecule has 0 radical (unpaired) electrons. The average molecular weight is 254 g/mol. The van der Waals surface area contributed by atoms with Gasteiger partial charge in [0.05, 0.1) is 11.5 Å². The molecule has 1 aromatic heterocycles. The molecule has 1 unspecified atom stereocenters. The van der Waals surface area contributed by atoms with Crippen LogP contribution in [0.5, 0.6) is 0 Å². The van der Waals surface area contributed by atoms with Gasteiger partial charge in [0.15, 0.2) is 9.84 Å². The fourth-order valence-corrected chi connectivity index (χ4v) is 3.89. The summed E-state index contributed by atoms with van der Waals surface area (Å²) in [6, 6.07) is 4.11. The van der Waals surface area contributed by atoms with Gasteiger partial charge in [-0.25, -0.2) is 8.42 Å². The lowest BCUT2D eigenvalue weighted by Crippen LogP contribution is -2.41. The first kappa shape index (κ1) is 12.5. The Balaban J connectivity index is 1.97. The molecule has 1 saturated heterocycles. The van der Waals surface area contributed by atoms with E-state index in [2.05, 4.69) is 10.3 Å². The number of hydrogen-bond acceptors (Lipinski definition) is 4. The van der Waals surface area contributed by atoms with Crippen molar-refractivity contribution in [1.29, 1.82) is 0 Å². The number of sulfone groups is 1. The summed E-state index contributed by atoms with van der Waals surface area (Å²) in [5, 5.41) is 3.37. The Bertz CT molecular complexity index is 459. The minimum atomic E-state index is -2.84. The SMILES string of the molecule is C[C@H](NC1CCCS(=O)(=O)C1)c1cccnc1. The van der Waals surface area contributed by atoms with Crippen LogP contribution in [-0.2, 0) is 9.84 Å². The number of rotatable bonds is 3. The number of nitrogens with one attached hydrogen (secondary N) is 1. The highest BCUT2D eigenvalue weighted by Gasteiger charge is 2.25. The highest BCUT2D eigenvalue weighted by atomic mass is 32.2. The Labute approximate surface area is 102 Å². The number of hydrogen-bond donors (Lipinski definition) is 1. The standard InChI is InChI=1S/C12H18N2O2S/c1-10(11-4-2-6-13-8-11)14-12-5-3-7-17(15,16)9-12/h2,4,6,8,10,12,14H,3,5,7,9H2,1H3/t10-,12?/m0/s1. The first-order valence-corrected chi connectivity index (χ1v) is 7.75. The fraction of sp³-hybridized carbons (Fsp3) is 0.583. The third-order valence-corrected chi connectivity index (χ3v) is 4.95. The maximum Gasteiger partial charge on any atom is 0.151 e. The summed E-state index contributed by atoms with van der Waals surface area (Å²) >= 11 is 0. The number of aromatic nitrogens is 1. The highest BCUT2D eigenvalue weighted by Crippen LogP contribution is 2.17. The number of nitrogens with zero attached hydrogens (tertiary/aromatic N) is 1. The van der Waals surface area contributed by atoms with Crippen LogP contribution in [-0.4, -0.2) is 30.9 Å². The van der Waals surface area contributed by atoms with Crippen molar-refractivity contribution in [2.75, 3.05) is 11.5 Å². The van der Waals surface area contributed by atoms with Gasteiger partial charge in [0.25, 0.3) is 0 Å². The van der Waals surface area contributed by atoms with Gasteiger partial charge in [0.1, 0.15) is 0 Å². The molecule has 94 valence electrons. The van der Waals surface area contributed by atoms with E-state index in [1.54, 1.807) is 6.20 Å². The van der Waals surface area contributed by atoms with Gasteiger partial charge >= 0.3 is 0 Å². The Morgan fingerprint density at radius 2 is 2.35 bits per heavy atom. The van der Waals surface area contributed by atoms with E-state index in [1.807, 2.05) is 25.3 Å². The summed E-state index contributed by atoms with van der Waals surface area (Å²) in [5.41, 5.74) is 1.09. The second kappa shape index (κ2) is 5.14. The maximum absolute atomic E-state index is 11.5. The molecule has 0 bridgehead atoms. The minimum Gasteiger partial charge on any atom is -0.306 e. The quantitative estimate of drug-likeness (QED) is 0.883. The molecule has 2 atom stereocenters. The summed E-state index contributed by atoms with van der Waals surface area (Å²) in [5.74, 6) is 0.601. The van der Waals surface area contributed by atoms with E-state index < -0.39 is 9.84 Å². The molecular weight excluding hydrogens is 236 g/mol. The van der Waals surface area contributed by atoms with E-state index in [0.717, 1.165) is 18.4 Å². The van der Waals surface area contributed by atoms with E-state index in [4.69, 9.17) is 0 Å². The molecule has 0 saturated carbocycles. The van der Waals surface area contributed by atoms with E-state index in [-0.39, 0.29) is 17.8 Å². The van der Waals surface area contributed by atoms with Crippen LogP contribution < -0.4 is 5.32 Å². The second-order valence-electron chi connectivity index (χ2n) is 4.63. The van der Waals surface area contributed by atoms with Crippen LogP contribution in [0, 0.1) is 0 Å². The predicted molar refractivity (Wildman–Crippen MR) is 67.5 cm³/mol. The monoisotopic (exact) mass is 254 g/mol. The number of pyridine rings is 1. The Morgan fingerprint density at radius 1 is 1.53 bits per heavy atom. The molecule has 0 spiro atoms. The molecule has 4 nitrogen and oxygen atoms in total. The predicted octanol–water partition coefficient (Wildman–Crippen LogP) is 1.31. The van der Waals surface area contributed by atoms with Crippen molar-refractivity contribution in [1.82, 2.24) is 10.3 Å². The fourth-order valence-electron chi connectivity index (χ4n) is 2.24. The zero-order valence-electron chi connectivity index (χ0n) is 9.96. The van der Waals surface area contributed by atoms with Crippen LogP contribution in [0.2, 0.25) is 0 Å². The lowest BCUT2D eigenvalue weighted by molar-refractivity contribution is 0.437. The molecule has 1 aromatic rings. The molecule has 5 heteroatoms. The third kappa shape index (κ3) is 3.51. The summed E-state index contributed by atoms with van der Waals surface area (Å²) in [6.07, 6.45) is 5.25. The molecule has 1 aliphatic rings. The van der Waals surface area contributed by atoms with Crippen molar-refractivity contribution in [2.45, 2.75) is 31.8 Å². The lowest BCUT2D eigenvalue weighted by atomic mass is 10.1. The zero-order valence-corrected chi connectivity index (χ0v) is 10.8. The third-order valence-electron chi connectivity index (χ3n) is 3.13. The largest absolute Gasteiger partial charge is 0.306 e. The molecule has 2 heterocycles. The molecule has 0 aliphatic carbocycles. The molecular formula is C12H18N2O2S. The first-order valence-electron chi connectivity index (χ1n) is 5.93. The second-order valence-corrected chi connectivity index (χ2v) is 6.86. The smallest absolute Gasteiger partial charge is 0.151 e. The first-order chi connectivity index (χ1) is 8.07. The van der Waals surface area contributed by atoms with Crippen LogP contribution in [0.1, 0.15) is 31.4 Å². The van der Waals surface area contributed by atoms with E-state index in [1.165, 1.54) is 0 Å². The van der Waals surface area contributed by atoms with Gasteiger partial charge in [-0.3, -0.25) is 4.98 Å². The summed E-state index contributed by atoms with van der Waals surface area (Å²) in [7, 11) is -2.84. The van der Waals surface area contributed by atoms with Crippen molar-refractivity contribution in [3.8, 4) is 0 Å².